The summed E-state index contributed by atoms with van der Waals surface area (Å²) < 4.78 is 0. The van der Waals surface area contributed by atoms with E-state index in [0.717, 1.165) is 25.9 Å². The Balaban J connectivity index is 2.32. The van der Waals surface area contributed by atoms with Gasteiger partial charge < -0.3 is 21.1 Å². The second-order valence-electron chi connectivity index (χ2n) is 3.61. The van der Waals surface area contributed by atoms with Crippen LogP contribution in [0, 0.1) is 0 Å². The van der Waals surface area contributed by atoms with E-state index in [1.165, 1.54) is 6.42 Å². The van der Waals surface area contributed by atoms with E-state index in [9.17, 15) is 4.79 Å². The number of aliphatic hydroxyl groups excluding tert-OH is 1. The lowest BCUT2D eigenvalue weighted by Crippen LogP contribution is -2.50. The molecule has 0 aliphatic carbocycles. The van der Waals surface area contributed by atoms with Gasteiger partial charge in [0.15, 0.2) is 0 Å². The van der Waals surface area contributed by atoms with Crippen LogP contribution in [-0.4, -0.2) is 48.3 Å². The second kappa shape index (κ2) is 5.82. The molecule has 1 aliphatic rings. The molecule has 5 nitrogen and oxygen atoms in total. The summed E-state index contributed by atoms with van der Waals surface area (Å²) in [7, 11) is 0. The number of urea groups is 1. The van der Waals surface area contributed by atoms with E-state index < -0.39 is 0 Å². The molecular weight excluding hydrogens is 182 g/mol. The first kappa shape index (κ1) is 11.3. The molecule has 0 spiro atoms. The Morgan fingerprint density at radius 3 is 2.57 bits per heavy atom. The van der Waals surface area contributed by atoms with Gasteiger partial charge in [-0.05, 0) is 19.3 Å². The Hall–Kier alpha value is -0.810. The number of piperidine rings is 1. The van der Waals surface area contributed by atoms with Crippen LogP contribution in [-0.2, 0) is 0 Å². The maximum absolute atomic E-state index is 11.6. The van der Waals surface area contributed by atoms with Crippen molar-refractivity contribution in [3.05, 3.63) is 0 Å². The summed E-state index contributed by atoms with van der Waals surface area (Å²) in [5.41, 5.74) is 5.37. The van der Waals surface area contributed by atoms with Crippen molar-refractivity contribution in [2.24, 2.45) is 5.73 Å². The molecule has 1 rings (SSSR count). The molecule has 1 heterocycles. The molecule has 5 heteroatoms. The SMILES string of the molecule is NCC(CO)NC(=O)N1CCCCC1. The summed E-state index contributed by atoms with van der Waals surface area (Å²) in [5.74, 6) is 0. The quantitative estimate of drug-likeness (QED) is 0.576. The number of nitrogens with two attached hydrogens (primary N) is 1. The fraction of sp³-hybridized carbons (Fsp3) is 0.889. The highest BCUT2D eigenvalue weighted by Gasteiger charge is 2.18. The minimum Gasteiger partial charge on any atom is -0.394 e. The molecule has 0 aromatic carbocycles. The van der Waals surface area contributed by atoms with Crippen LogP contribution >= 0.6 is 0 Å². The van der Waals surface area contributed by atoms with Crippen molar-refractivity contribution >= 4 is 6.03 Å². The Morgan fingerprint density at radius 1 is 1.43 bits per heavy atom. The van der Waals surface area contributed by atoms with Crippen molar-refractivity contribution in [2.75, 3.05) is 26.2 Å². The molecule has 0 aromatic heterocycles. The average molecular weight is 201 g/mol. The molecule has 14 heavy (non-hydrogen) atoms. The van der Waals surface area contributed by atoms with Gasteiger partial charge in [-0.15, -0.1) is 0 Å². The van der Waals surface area contributed by atoms with E-state index in [0.29, 0.717) is 0 Å². The lowest BCUT2D eigenvalue weighted by Gasteiger charge is -2.28. The van der Waals surface area contributed by atoms with E-state index in [-0.39, 0.29) is 25.2 Å². The van der Waals surface area contributed by atoms with Crippen LogP contribution in [0.3, 0.4) is 0 Å². The van der Waals surface area contributed by atoms with Gasteiger partial charge in [-0.25, -0.2) is 4.79 Å². The molecule has 1 fully saturated rings. The fourth-order valence-electron chi connectivity index (χ4n) is 1.54. The third kappa shape index (κ3) is 3.16. The molecule has 1 unspecified atom stereocenters. The number of nitrogens with one attached hydrogen (secondary N) is 1. The van der Waals surface area contributed by atoms with Crippen molar-refractivity contribution < 1.29 is 9.90 Å². The van der Waals surface area contributed by atoms with Crippen molar-refractivity contribution in [1.82, 2.24) is 10.2 Å². The number of carbonyl (C=O) groups is 1. The third-order valence-corrected chi connectivity index (χ3v) is 2.48. The lowest BCUT2D eigenvalue weighted by molar-refractivity contribution is 0.173. The highest BCUT2D eigenvalue weighted by molar-refractivity contribution is 5.74. The lowest BCUT2D eigenvalue weighted by atomic mass is 10.1. The zero-order chi connectivity index (χ0) is 10.4. The van der Waals surface area contributed by atoms with Gasteiger partial charge in [-0.3, -0.25) is 0 Å². The van der Waals surface area contributed by atoms with Crippen LogP contribution in [0.15, 0.2) is 0 Å². The molecular formula is C9H19N3O2. The highest BCUT2D eigenvalue weighted by Crippen LogP contribution is 2.08. The van der Waals surface area contributed by atoms with Crippen molar-refractivity contribution in [1.29, 1.82) is 0 Å². The standard InChI is InChI=1S/C9H19N3O2/c10-6-8(7-13)11-9(14)12-4-2-1-3-5-12/h8,13H,1-7,10H2,(H,11,14). The van der Waals surface area contributed by atoms with Gasteiger partial charge in [0, 0.05) is 19.6 Å². The number of amides is 2. The van der Waals surface area contributed by atoms with E-state index in [1.54, 1.807) is 4.90 Å². The first-order chi connectivity index (χ1) is 6.77. The molecule has 0 radical (unpaired) electrons. The van der Waals surface area contributed by atoms with Crippen LogP contribution in [0.25, 0.3) is 0 Å². The Kier molecular flexibility index (Phi) is 4.69. The number of hydrogen-bond donors (Lipinski definition) is 3. The normalized spacial score (nSPS) is 19.1. The van der Waals surface area contributed by atoms with Crippen LogP contribution < -0.4 is 11.1 Å². The largest absolute Gasteiger partial charge is 0.394 e. The molecule has 82 valence electrons. The van der Waals surface area contributed by atoms with E-state index in [4.69, 9.17) is 10.8 Å². The molecule has 1 saturated heterocycles. The highest BCUT2D eigenvalue weighted by atomic mass is 16.3. The van der Waals surface area contributed by atoms with Gasteiger partial charge in [-0.2, -0.15) is 0 Å². The Bertz CT molecular complexity index is 177. The number of rotatable bonds is 3. The molecule has 2 amide bonds. The van der Waals surface area contributed by atoms with Crippen LogP contribution in [0.5, 0.6) is 0 Å². The Labute approximate surface area is 84.3 Å². The second-order valence-corrected chi connectivity index (χ2v) is 3.61. The zero-order valence-electron chi connectivity index (χ0n) is 8.41. The molecule has 0 bridgehead atoms. The number of carbonyl (C=O) groups excluding carboxylic acids is 1. The predicted octanol–water partition coefficient (Wildman–Crippen LogP) is -0.498. The van der Waals surface area contributed by atoms with Crippen molar-refractivity contribution in [3.63, 3.8) is 0 Å². The fourth-order valence-corrected chi connectivity index (χ4v) is 1.54. The van der Waals surface area contributed by atoms with Crippen LogP contribution in [0.2, 0.25) is 0 Å². The molecule has 4 N–H and O–H groups in total. The van der Waals surface area contributed by atoms with Gasteiger partial charge in [0.05, 0.1) is 12.6 Å². The topological polar surface area (TPSA) is 78.6 Å². The first-order valence-electron chi connectivity index (χ1n) is 5.14. The number of nitrogens with zero attached hydrogens (tertiary/aromatic N) is 1. The third-order valence-electron chi connectivity index (χ3n) is 2.48. The maximum Gasteiger partial charge on any atom is 0.317 e. The van der Waals surface area contributed by atoms with Crippen molar-refractivity contribution in [3.8, 4) is 0 Å². The van der Waals surface area contributed by atoms with Gasteiger partial charge in [0.1, 0.15) is 0 Å². The minimum atomic E-state index is -0.315. The van der Waals surface area contributed by atoms with Gasteiger partial charge in [0.25, 0.3) is 0 Å². The summed E-state index contributed by atoms with van der Waals surface area (Å²) in [6, 6.07) is -0.418. The van der Waals surface area contributed by atoms with E-state index in [1.807, 2.05) is 0 Å². The minimum absolute atomic E-state index is 0.101. The average Bonchev–Trinajstić information content (AvgIpc) is 2.26. The summed E-state index contributed by atoms with van der Waals surface area (Å²) >= 11 is 0. The van der Waals surface area contributed by atoms with Gasteiger partial charge in [-0.1, -0.05) is 0 Å². The summed E-state index contributed by atoms with van der Waals surface area (Å²) in [5, 5.41) is 11.6. The first-order valence-corrected chi connectivity index (χ1v) is 5.14. The summed E-state index contributed by atoms with van der Waals surface area (Å²) in [6.07, 6.45) is 3.34. The number of aliphatic hydroxyl groups is 1. The Morgan fingerprint density at radius 2 is 2.07 bits per heavy atom. The number of likely N-dealkylation sites (tertiary alicyclic amines) is 1. The summed E-state index contributed by atoms with van der Waals surface area (Å²) in [6.45, 7) is 1.80. The zero-order valence-corrected chi connectivity index (χ0v) is 8.41. The van der Waals surface area contributed by atoms with Crippen LogP contribution in [0.1, 0.15) is 19.3 Å². The van der Waals surface area contributed by atoms with Gasteiger partial charge in [0.2, 0.25) is 0 Å². The molecule has 1 atom stereocenters. The predicted molar refractivity (Wildman–Crippen MR) is 53.9 cm³/mol. The summed E-state index contributed by atoms with van der Waals surface area (Å²) in [4.78, 5) is 13.4. The molecule has 0 saturated carbocycles. The smallest absolute Gasteiger partial charge is 0.317 e. The number of hydrogen-bond acceptors (Lipinski definition) is 3. The molecule has 0 aromatic rings. The maximum atomic E-state index is 11.6. The van der Waals surface area contributed by atoms with E-state index in [2.05, 4.69) is 5.32 Å². The van der Waals surface area contributed by atoms with Crippen molar-refractivity contribution in [2.45, 2.75) is 25.3 Å². The van der Waals surface area contributed by atoms with Gasteiger partial charge >= 0.3 is 6.03 Å². The molecule has 1 aliphatic heterocycles. The van der Waals surface area contributed by atoms with Crippen LogP contribution in [0.4, 0.5) is 4.79 Å². The van der Waals surface area contributed by atoms with E-state index >= 15 is 0 Å². The monoisotopic (exact) mass is 201 g/mol.